The first-order valence-electron chi connectivity index (χ1n) is 11.2. The largest absolute Gasteiger partial charge is 0.260 e. The molecule has 4 bridgehead atoms. The molecule has 1 aromatic carbocycles. The summed E-state index contributed by atoms with van der Waals surface area (Å²) < 4.78 is 81.4. The first kappa shape index (κ1) is 21.9. The van der Waals surface area contributed by atoms with Gasteiger partial charge in [-0.1, -0.05) is 30.5 Å². The fourth-order valence-corrected chi connectivity index (χ4v) is 16.2. The van der Waals surface area contributed by atoms with Crippen LogP contribution in [0.4, 0.5) is 0 Å². The highest BCUT2D eigenvalue weighted by molar-refractivity contribution is 8.29. The van der Waals surface area contributed by atoms with Gasteiger partial charge in [-0.15, -0.1) is 0 Å². The molecule has 0 aromatic heterocycles. The molecule has 0 spiro atoms. The minimum atomic E-state index is -4.70. The molecule has 0 amide bonds. The van der Waals surface area contributed by atoms with E-state index in [1.807, 2.05) is 0 Å². The monoisotopic (exact) mass is 485 g/mol. The van der Waals surface area contributed by atoms with Crippen molar-refractivity contribution in [3.05, 3.63) is 33.7 Å². The van der Waals surface area contributed by atoms with Gasteiger partial charge in [-0.25, -0.2) is 0 Å². The standard InChI is InChI=1S/C22H29O6S3/c1-14-2-8-19(9-3-14)29(23,24)22(30(25,26)20-12-15-4-6-17(20)10-15)31(27,28)21-13-16-5-7-18(21)11-16/h2-3,8-9,15-18,20-21H,4-7,10-13H2,1H3/q-1. The highest BCUT2D eigenvalue weighted by Crippen LogP contribution is 2.54. The van der Waals surface area contributed by atoms with Crippen molar-refractivity contribution in [1.82, 2.24) is 0 Å². The summed E-state index contributed by atoms with van der Waals surface area (Å²) in [5, 5.41) is -1.82. The predicted molar refractivity (Wildman–Crippen MR) is 118 cm³/mol. The Labute approximate surface area is 185 Å². The van der Waals surface area contributed by atoms with Crippen LogP contribution in [0.5, 0.6) is 0 Å². The maximum Gasteiger partial charge on any atom is 0.0825 e. The van der Waals surface area contributed by atoms with Crippen molar-refractivity contribution in [2.45, 2.75) is 73.7 Å². The Hall–Kier alpha value is -0.930. The van der Waals surface area contributed by atoms with Crippen molar-refractivity contribution in [2.24, 2.45) is 23.7 Å². The van der Waals surface area contributed by atoms with Crippen LogP contribution in [0.3, 0.4) is 0 Å². The zero-order valence-corrected chi connectivity index (χ0v) is 20.1. The predicted octanol–water partition coefficient (Wildman–Crippen LogP) is 3.42. The maximum absolute atomic E-state index is 13.8. The van der Waals surface area contributed by atoms with Crippen LogP contribution in [0.25, 0.3) is 0 Å². The molecular formula is C22H29O6S3-. The van der Waals surface area contributed by atoms with E-state index in [-0.39, 0.29) is 28.6 Å². The summed E-state index contributed by atoms with van der Waals surface area (Å²) in [6.45, 7) is 1.79. The van der Waals surface area contributed by atoms with Gasteiger partial charge >= 0.3 is 0 Å². The summed E-state index contributed by atoms with van der Waals surface area (Å²) in [6.07, 6.45) is 5.55. The van der Waals surface area contributed by atoms with Gasteiger partial charge in [0.15, 0.2) is 0 Å². The summed E-state index contributed by atoms with van der Waals surface area (Å²) in [5.74, 6) is 0.207. The van der Waals surface area contributed by atoms with Crippen LogP contribution < -0.4 is 0 Å². The zero-order valence-electron chi connectivity index (χ0n) is 17.6. The van der Waals surface area contributed by atoms with E-state index in [1.54, 1.807) is 19.1 Å². The van der Waals surface area contributed by atoms with E-state index in [9.17, 15) is 25.3 Å². The van der Waals surface area contributed by atoms with E-state index in [0.717, 1.165) is 44.1 Å². The Kier molecular flexibility index (Phi) is 5.15. The second kappa shape index (κ2) is 7.29. The molecule has 4 aliphatic rings. The number of sulfone groups is 3. The first-order valence-corrected chi connectivity index (χ1v) is 15.8. The summed E-state index contributed by atoms with van der Waals surface area (Å²) in [5.41, 5.74) is 0.812. The van der Waals surface area contributed by atoms with Gasteiger partial charge in [-0.3, -0.25) is 25.3 Å². The zero-order chi connectivity index (χ0) is 22.2. The van der Waals surface area contributed by atoms with Crippen molar-refractivity contribution < 1.29 is 25.3 Å². The fraction of sp³-hybridized carbons (Fsp3) is 0.682. The van der Waals surface area contributed by atoms with E-state index in [4.69, 9.17) is 0 Å². The third-order valence-electron chi connectivity index (χ3n) is 8.16. The van der Waals surface area contributed by atoms with Gasteiger partial charge in [-0.2, -0.15) is 0 Å². The molecule has 0 aliphatic heterocycles. The topological polar surface area (TPSA) is 102 Å². The van der Waals surface area contributed by atoms with Crippen molar-refractivity contribution >= 4 is 29.5 Å². The molecule has 4 aliphatic carbocycles. The van der Waals surface area contributed by atoms with Gasteiger partial charge in [0.1, 0.15) is 0 Å². The quantitative estimate of drug-likeness (QED) is 0.572. The SMILES string of the molecule is Cc1ccc(S(=O)(=O)[C-](S(=O)(=O)C2CC3CCC2C3)S(=O)(=O)C2CC3CCC2C3)cc1. The molecule has 6 nitrogen and oxygen atoms in total. The molecule has 0 heterocycles. The number of hydrogen-bond donors (Lipinski definition) is 0. The molecule has 4 saturated carbocycles. The second-order valence-corrected chi connectivity index (χ2v) is 17.0. The molecule has 6 unspecified atom stereocenters. The lowest BCUT2D eigenvalue weighted by Gasteiger charge is -2.39. The normalized spacial score (nSPS) is 35.3. The van der Waals surface area contributed by atoms with Crippen LogP contribution in [-0.4, -0.2) is 35.8 Å². The summed E-state index contributed by atoms with van der Waals surface area (Å²) in [6, 6.07) is 5.77. The van der Waals surface area contributed by atoms with Gasteiger partial charge in [0.2, 0.25) is 0 Å². The molecule has 0 radical (unpaired) electrons. The van der Waals surface area contributed by atoms with E-state index in [0.29, 0.717) is 12.8 Å². The molecule has 31 heavy (non-hydrogen) atoms. The smallest absolute Gasteiger partial charge is 0.0825 e. The van der Waals surface area contributed by atoms with Gasteiger partial charge < -0.3 is 0 Å². The first-order chi connectivity index (χ1) is 14.5. The molecule has 0 saturated heterocycles. The maximum atomic E-state index is 13.8. The van der Waals surface area contributed by atoms with Crippen LogP contribution in [0.15, 0.2) is 29.2 Å². The lowest BCUT2D eigenvalue weighted by Crippen LogP contribution is -2.43. The molecular weight excluding hydrogens is 456 g/mol. The Balaban J connectivity index is 1.63. The Bertz CT molecular complexity index is 1130. The number of aryl methyl sites for hydroxylation is 1. The molecule has 1 aromatic rings. The highest BCUT2D eigenvalue weighted by Gasteiger charge is 2.53. The van der Waals surface area contributed by atoms with Gasteiger partial charge in [0, 0.05) is 19.3 Å². The van der Waals surface area contributed by atoms with E-state index < -0.39 is 43.9 Å². The molecule has 4 fully saturated rings. The summed E-state index contributed by atoms with van der Waals surface area (Å²) >= 11 is 0. The van der Waals surface area contributed by atoms with E-state index in [1.165, 1.54) is 12.1 Å². The van der Waals surface area contributed by atoms with E-state index >= 15 is 0 Å². The van der Waals surface area contributed by atoms with Crippen molar-refractivity contribution in [3.8, 4) is 0 Å². The Morgan fingerprint density at radius 2 is 1.13 bits per heavy atom. The number of rotatable bonds is 6. The number of benzene rings is 1. The molecule has 172 valence electrons. The summed E-state index contributed by atoms with van der Waals surface area (Å²) in [7, 11) is -13.7. The number of hydrogen-bond acceptors (Lipinski definition) is 6. The molecule has 6 atom stereocenters. The number of fused-ring (bicyclic) bond motifs is 4. The minimum Gasteiger partial charge on any atom is -0.260 e. The van der Waals surface area contributed by atoms with Crippen molar-refractivity contribution in [2.75, 3.05) is 0 Å². The van der Waals surface area contributed by atoms with E-state index in [2.05, 4.69) is 0 Å². The third-order valence-corrected chi connectivity index (χ3v) is 17.3. The average Bonchev–Trinajstić information content (AvgIpc) is 3.48. The van der Waals surface area contributed by atoms with Crippen LogP contribution in [-0.2, 0) is 29.5 Å². The lowest BCUT2D eigenvalue weighted by molar-refractivity contribution is 0.461. The van der Waals surface area contributed by atoms with Gasteiger partial charge in [0.05, 0.1) is 29.5 Å². The Morgan fingerprint density at radius 1 is 0.677 bits per heavy atom. The molecule has 9 heteroatoms. The Morgan fingerprint density at radius 3 is 1.48 bits per heavy atom. The van der Waals surface area contributed by atoms with Crippen molar-refractivity contribution in [3.63, 3.8) is 0 Å². The van der Waals surface area contributed by atoms with Crippen molar-refractivity contribution in [1.29, 1.82) is 0 Å². The second-order valence-electron chi connectivity index (χ2n) is 10.1. The molecule has 0 N–H and O–H groups in total. The summed E-state index contributed by atoms with van der Waals surface area (Å²) in [4.78, 5) is -0.258. The average molecular weight is 486 g/mol. The van der Waals surface area contributed by atoms with Crippen LogP contribution in [0.2, 0.25) is 0 Å². The van der Waals surface area contributed by atoms with Gasteiger partial charge in [-0.05, 0) is 81.3 Å². The van der Waals surface area contributed by atoms with Crippen LogP contribution in [0, 0.1) is 34.5 Å². The van der Waals surface area contributed by atoms with Gasteiger partial charge in [0.25, 0.3) is 0 Å². The minimum absolute atomic E-state index is 0.145. The highest BCUT2D eigenvalue weighted by atomic mass is 32.3. The molecule has 5 rings (SSSR count). The lowest BCUT2D eigenvalue weighted by atomic mass is 10.0. The van der Waals surface area contributed by atoms with Crippen LogP contribution in [0.1, 0.15) is 56.9 Å². The van der Waals surface area contributed by atoms with Crippen LogP contribution >= 0.6 is 0 Å². The third kappa shape index (κ3) is 3.41. The fourth-order valence-electron chi connectivity index (χ4n) is 6.66.